The van der Waals surface area contributed by atoms with E-state index in [4.69, 9.17) is 9.84 Å². The molecule has 0 fully saturated rings. The number of hydrogen-bond donors (Lipinski definition) is 2. The molecule has 0 aliphatic carbocycles. The standard InChI is InChI=1S/C10H16N2O3/c1-3-7(10(13)14)5-8-6-11-12-9(8)15-4-2/h6-7H,3-5H2,1-2H3,(H,11,12)(H,13,14). The fourth-order valence-corrected chi connectivity index (χ4v) is 1.39. The number of nitrogens with zero attached hydrogens (tertiary/aromatic N) is 1. The number of carbonyl (C=O) groups is 1. The van der Waals surface area contributed by atoms with E-state index >= 15 is 0 Å². The van der Waals surface area contributed by atoms with Crippen LogP contribution in [0.25, 0.3) is 0 Å². The lowest BCUT2D eigenvalue weighted by atomic mass is 9.99. The summed E-state index contributed by atoms with van der Waals surface area (Å²) in [7, 11) is 0. The van der Waals surface area contributed by atoms with Crippen molar-refractivity contribution >= 4 is 5.97 Å². The van der Waals surface area contributed by atoms with Gasteiger partial charge in [-0.25, -0.2) is 5.10 Å². The molecule has 0 aliphatic heterocycles. The summed E-state index contributed by atoms with van der Waals surface area (Å²) in [6.07, 6.45) is 2.68. The third-order valence-electron chi connectivity index (χ3n) is 2.28. The lowest BCUT2D eigenvalue weighted by Gasteiger charge is -2.09. The second kappa shape index (κ2) is 5.38. The molecule has 15 heavy (non-hydrogen) atoms. The van der Waals surface area contributed by atoms with E-state index < -0.39 is 5.97 Å². The van der Waals surface area contributed by atoms with E-state index in [2.05, 4.69) is 10.2 Å². The van der Waals surface area contributed by atoms with Crippen LogP contribution in [-0.2, 0) is 11.2 Å². The summed E-state index contributed by atoms with van der Waals surface area (Å²) in [6, 6.07) is 0. The third-order valence-corrected chi connectivity index (χ3v) is 2.28. The van der Waals surface area contributed by atoms with Crippen molar-refractivity contribution in [2.24, 2.45) is 5.92 Å². The summed E-state index contributed by atoms with van der Waals surface area (Å²) in [5.41, 5.74) is 0.825. The minimum atomic E-state index is -0.777. The first kappa shape index (κ1) is 11.6. The Bertz CT molecular complexity index is 322. The zero-order valence-electron chi connectivity index (χ0n) is 8.99. The third kappa shape index (κ3) is 2.97. The van der Waals surface area contributed by atoms with Crippen LogP contribution in [0.2, 0.25) is 0 Å². The first-order valence-corrected chi connectivity index (χ1v) is 5.06. The van der Waals surface area contributed by atoms with Crippen LogP contribution in [0.3, 0.4) is 0 Å². The Morgan fingerprint density at radius 2 is 2.40 bits per heavy atom. The Hall–Kier alpha value is -1.52. The molecule has 0 saturated carbocycles. The van der Waals surface area contributed by atoms with Crippen molar-refractivity contribution in [1.82, 2.24) is 10.2 Å². The molecule has 5 nitrogen and oxygen atoms in total. The average molecular weight is 212 g/mol. The van der Waals surface area contributed by atoms with Gasteiger partial charge in [0.15, 0.2) is 0 Å². The first-order chi connectivity index (χ1) is 7.19. The smallest absolute Gasteiger partial charge is 0.306 e. The van der Waals surface area contributed by atoms with E-state index in [0.717, 1.165) is 5.56 Å². The molecule has 0 saturated heterocycles. The number of carboxylic acid groups (broad SMARTS) is 1. The maximum absolute atomic E-state index is 10.9. The summed E-state index contributed by atoms with van der Waals surface area (Å²) in [6.45, 7) is 4.28. The van der Waals surface area contributed by atoms with Crippen LogP contribution in [0.4, 0.5) is 0 Å². The fraction of sp³-hybridized carbons (Fsp3) is 0.600. The van der Waals surface area contributed by atoms with Crippen molar-refractivity contribution < 1.29 is 14.6 Å². The van der Waals surface area contributed by atoms with Crippen molar-refractivity contribution in [3.05, 3.63) is 11.8 Å². The Labute approximate surface area is 88.5 Å². The molecule has 5 heteroatoms. The predicted molar refractivity (Wildman–Crippen MR) is 54.9 cm³/mol. The number of aromatic nitrogens is 2. The highest BCUT2D eigenvalue weighted by molar-refractivity contribution is 5.70. The summed E-state index contributed by atoms with van der Waals surface area (Å²) >= 11 is 0. The molecule has 0 amide bonds. The van der Waals surface area contributed by atoms with Crippen LogP contribution in [0.5, 0.6) is 5.88 Å². The maximum atomic E-state index is 10.9. The Kier molecular flexibility index (Phi) is 4.15. The molecular weight excluding hydrogens is 196 g/mol. The maximum Gasteiger partial charge on any atom is 0.306 e. The van der Waals surface area contributed by atoms with Gasteiger partial charge in [0, 0.05) is 5.56 Å². The molecule has 1 atom stereocenters. The van der Waals surface area contributed by atoms with Crippen molar-refractivity contribution in [2.75, 3.05) is 6.61 Å². The average Bonchev–Trinajstić information content (AvgIpc) is 2.62. The van der Waals surface area contributed by atoms with Gasteiger partial charge < -0.3 is 9.84 Å². The van der Waals surface area contributed by atoms with Gasteiger partial charge in [-0.2, -0.15) is 5.10 Å². The molecule has 84 valence electrons. The zero-order valence-corrected chi connectivity index (χ0v) is 8.99. The topological polar surface area (TPSA) is 75.2 Å². The summed E-state index contributed by atoms with van der Waals surface area (Å²) in [4.78, 5) is 10.9. The van der Waals surface area contributed by atoms with Crippen molar-refractivity contribution in [1.29, 1.82) is 0 Å². The van der Waals surface area contributed by atoms with Crippen LogP contribution in [0.1, 0.15) is 25.8 Å². The Balaban J connectivity index is 2.69. The number of carboxylic acids is 1. The normalized spacial score (nSPS) is 12.4. The number of nitrogens with one attached hydrogen (secondary N) is 1. The molecule has 0 radical (unpaired) electrons. The van der Waals surface area contributed by atoms with E-state index in [0.29, 0.717) is 25.3 Å². The second-order valence-electron chi connectivity index (χ2n) is 3.30. The van der Waals surface area contributed by atoms with Crippen molar-refractivity contribution in [3.63, 3.8) is 0 Å². The van der Waals surface area contributed by atoms with Crippen LogP contribution >= 0.6 is 0 Å². The SMILES string of the molecule is CCOc1[nH]ncc1CC(CC)C(=O)O. The van der Waals surface area contributed by atoms with Crippen LogP contribution in [0.15, 0.2) is 6.20 Å². The minimum absolute atomic E-state index is 0.373. The number of hydrogen-bond acceptors (Lipinski definition) is 3. The highest BCUT2D eigenvalue weighted by Gasteiger charge is 2.18. The lowest BCUT2D eigenvalue weighted by Crippen LogP contribution is -2.15. The van der Waals surface area contributed by atoms with Crippen LogP contribution in [-0.4, -0.2) is 27.9 Å². The van der Waals surface area contributed by atoms with Gasteiger partial charge in [0.05, 0.1) is 18.7 Å². The molecule has 0 spiro atoms. The molecule has 1 aromatic heterocycles. The second-order valence-corrected chi connectivity index (χ2v) is 3.30. The van der Waals surface area contributed by atoms with E-state index in [1.165, 1.54) is 0 Å². The highest BCUT2D eigenvalue weighted by atomic mass is 16.5. The van der Waals surface area contributed by atoms with Crippen LogP contribution in [0, 0.1) is 5.92 Å². The van der Waals surface area contributed by atoms with Crippen molar-refractivity contribution in [3.8, 4) is 5.88 Å². The summed E-state index contributed by atoms with van der Waals surface area (Å²) < 4.78 is 5.29. The largest absolute Gasteiger partial charge is 0.481 e. The van der Waals surface area contributed by atoms with Crippen LogP contribution < -0.4 is 4.74 Å². The summed E-state index contributed by atoms with van der Waals surface area (Å²) in [5.74, 6) is -0.569. The molecule has 0 bridgehead atoms. The first-order valence-electron chi connectivity index (χ1n) is 5.06. The monoisotopic (exact) mass is 212 g/mol. The predicted octanol–water partition coefficient (Wildman–Crippen LogP) is 1.46. The van der Waals surface area contributed by atoms with Gasteiger partial charge in [0.2, 0.25) is 5.88 Å². The lowest BCUT2D eigenvalue weighted by molar-refractivity contribution is -0.141. The van der Waals surface area contributed by atoms with E-state index in [9.17, 15) is 4.79 Å². The minimum Gasteiger partial charge on any atom is -0.481 e. The van der Waals surface area contributed by atoms with Gasteiger partial charge in [-0.1, -0.05) is 6.92 Å². The Morgan fingerprint density at radius 3 is 2.93 bits per heavy atom. The Morgan fingerprint density at radius 1 is 1.67 bits per heavy atom. The number of ether oxygens (including phenoxy) is 1. The molecule has 1 aromatic rings. The van der Waals surface area contributed by atoms with Gasteiger partial charge in [-0.05, 0) is 19.8 Å². The van der Waals surface area contributed by atoms with Crippen molar-refractivity contribution in [2.45, 2.75) is 26.7 Å². The zero-order chi connectivity index (χ0) is 11.3. The number of H-pyrrole nitrogens is 1. The van der Waals surface area contributed by atoms with E-state index in [1.807, 2.05) is 13.8 Å². The van der Waals surface area contributed by atoms with E-state index in [-0.39, 0.29) is 5.92 Å². The van der Waals surface area contributed by atoms with Gasteiger partial charge in [0.1, 0.15) is 0 Å². The molecule has 2 N–H and O–H groups in total. The molecule has 1 heterocycles. The molecule has 0 aromatic carbocycles. The quantitative estimate of drug-likeness (QED) is 0.748. The molecule has 0 aliphatic rings. The molecule has 1 rings (SSSR count). The van der Waals surface area contributed by atoms with Gasteiger partial charge in [0.25, 0.3) is 0 Å². The van der Waals surface area contributed by atoms with Gasteiger partial charge in [-0.3, -0.25) is 4.79 Å². The molecular formula is C10H16N2O3. The number of aromatic amines is 1. The molecule has 1 unspecified atom stereocenters. The van der Waals surface area contributed by atoms with Gasteiger partial charge >= 0.3 is 5.97 Å². The summed E-state index contributed by atoms with van der Waals surface area (Å²) in [5, 5.41) is 15.5. The highest BCUT2D eigenvalue weighted by Crippen LogP contribution is 2.20. The number of aliphatic carboxylic acids is 1. The van der Waals surface area contributed by atoms with E-state index in [1.54, 1.807) is 6.20 Å². The van der Waals surface area contributed by atoms with Gasteiger partial charge in [-0.15, -0.1) is 0 Å². The number of rotatable bonds is 6. The fourth-order valence-electron chi connectivity index (χ4n) is 1.39.